The van der Waals surface area contributed by atoms with E-state index in [1.54, 1.807) is 16.8 Å². The van der Waals surface area contributed by atoms with Gasteiger partial charge in [-0.05, 0) is 29.7 Å². The number of nitrogens with zero attached hydrogens (tertiary/aromatic N) is 3. The van der Waals surface area contributed by atoms with E-state index in [0.29, 0.717) is 25.4 Å². The van der Waals surface area contributed by atoms with E-state index in [4.69, 9.17) is 9.47 Å². The first-order valence-electron chi connectivity index (χ1n) is 14.8. The van der Waals surface area contributed by atoms with Crippen LogP contribution in [0.15, 0.2) is 78.9 Å². The average molecular weight is 584 g/mol. The summed E-state index contributed by atoms with van der Waals surface area (Å²) < 4.78 is 14.2. The van der Waals surface area contributed by atoms with Crippen molar-refractivity contribution < 1.29 is 24.2 Å². The Hall–Kier alpha value is -3.98. The van der Waals surface area contributed by atoms with Crippen LogP contribution in [0.25, 0.3) is 22.0 Å². The molecule has 0 unspecified atom stereocenters. The van der Waals surface area contributed by atoms with Crippen molar-refractivity contribution in [3.05, 3.63) is 95.7 Å². The molecular weight excluding hydrogens is 542 g/mol. The highest BCUT2D eigenvalue weighted by molar-refractivity contribution is 6.10. The summed E-state index contributed by atoms with van der Waals surface area (Å²) in [6.45, 7) is 4.67. The Morgan fingerprint density at radius 3 is 2.47 bits per heavy atom. The van der Waals surface area contributed by atoms with Crippen molar-refractivity contribution in [3.8, 4) is 11.1 Å². The summed E-state index contributed by atoms with van der Waals surface area (Å²) in [5, 5.41) is 11.2. The molecule has 0 saturated heterocycles. The van der Waals surface area contributed by atoms with Gasteiger partial charge in [-0.3, -0.25) is 9.59 Å². The van der Waals surface area contributed by atoms with Crippen LogP contribution in [0.5, 0.6) is 0 Å². The molecule has 5 rings (SSSR count). The molecular formula is C35H41N3O5. The molecule has 0 aliphatic carbocycles. The van der Waals surface area contributed by atoms with Gasteiger partial charge in [0.05, 0.1) is 25.4 Å². The number of amides is 2. The molecule has 1 aliphatic rings. The van der Waals surface area contributed by atoms with Gasteiger partial charge in [0.15, 0.2) is 6.10 Å². The largest absolute Gasteiger partial charge is 0.394 e. The highest BCUT2D eigenvalue weighted by Gasteiger charge is 2.34. The Balaban J connectivity index is 1.55. The molecule has 0 saturated carbocycles. The van der Waals surface area contributed by atoms with E-state index >= 15 is 0 Å². The maximum Gasteiger partial charge on any atom is 0.271 e. The molecule has 1 N–H and O–H groups in total. The molecule has 8 nitrogen and oxygen atoms in total. The highest BCUT2D eigenvalue weighted by Crippen LogP contribution is 2.38. The van der Waals surface area contributed by atoms with Crippen molar-refractivity contribution in [1.29, 1.82) is 0 Å². The molecule has 8 heteroatoms. The lowest BCUT2D eigenvalue weighted by Crippen LogP contribution is -2.48. The number of hydrogen-bond donors (Lipinski definition) is 1. The SMILES string of the molecule is CO[C@H](C(=O)N(C)C[C@@H]1OCc2ccccc2-c2c(n(C)c3ccccc23)C(=O)N([C@H](C)CO)C[C@@H]1C)c1ccccc1. The van der Waals surface area contributed by atoms with Crippen molar-refractivity contribution in [2.45, 2.75) is 38.7 Å². The van der Waals surface area contributed by atoms with E-state index in [2.05, 4.69) is 0 Å². The fourth-order valence-electron chi connectivity index (χ4n) is 6.09. The predicted molar refractivity (Wildman–Crippen MR) is 168 cm³/mol. The number of aromatic nitrogens is 1. The van der Waals surface area contributed by atoms with Crippen molar-refractivity contribution in [3.63, 3.8) is 0 Å². The van der Waals surface area contributed by atoms with Crippen molar-refractivity contribution in [2.24, 2.45) is 13.0 Å². The van der Waals surface area contributed by atoms with Gasteiger partial charge in [0, 0.05) is 56.7 Å². The van der Waals surface area contributed by atoms with Gasteiger partial charge in [-0.1, -0.05) is 79.7 Å². The van der Waals surface area contributed by atoms with E-state index in [-0.39, 0.29) is 24.3 Å². The quantitative estimate of drug-likeness (QED) is 0.329. The number of aliphatic hydroxyl groups is 1. The second-order valence-corrected chi connectivity index (χ2v) is 11.5. The molecule has 226 valence electrons. The molecule has 0 radical (unpaired) electrons. The minimum absolute atomic E-state index is 0.148. The number of likely N-dealkylation sites (N-methyl/N-ethyl adjacent to an activating group) is 1. The van der Waals surface area contributed by atoms with Crippen LogP contribution in [0, 0.1) is 5.92 Å². The Morgan fingerprint density at radius 2 is 1.74 bits per heavy atom. The zero-order chi connectivity index (χ0) is 30.7. The second kappa shape index (κ2) is 13.1. The minimum Gasteiger partial charge on any atom is -0.394 e. The van der Waals surface area contributed by atoms with E-state index in [0.717, 1.165) is 33.2 Å². The van der Waals surface area contributed by atoms with Gasteiger partial charge in [-0.25, -0.2) is 0 Å². The Kier molecular flexibility index (Phi) is 9.30. The number of carbonyl (C=O) groups excluding carboxylic acids is 2. The number of carbonyl (C=O) groups is 2. The summed E-state index contributed by atoms with van der Waals surface area (Å²) in [7, 11) is 5.21. The smallest absolute Gasteiger partial charge is 0.271 e. The van der Waals surface area contributed by atoms with Crippen LogP contribution >= 0.6 is 0 Å². The van der Waals surface area contributed by atoms with Gasteiger partial charge in [0.1, 0.15) is 5.69 Å². The summed E-state index contributed by atoms with van der Waals surface area (Å²) in [5.41, 5.74) is 5.08. The zero-order valence-corrected chi connectivity index (χ0v) is 25.6. The summed E-state index contributed by atoms with van der Waals surface area (Å²) >= 11 is 0. The van der Waals surface area contributed by atoms with Gasteiger partial charge in [-0.2, -0.15) is 0 Å². The summed E-state index contributed by atoms with van der Waals surface area (Å²) in [6, 6.07) is 25.1. The maximum absolute atomic E-state index is 14.5. The zero-order valence-electron chi connectivity index (χ0n) is 25.6. The molecule has 4 atom stereocenters. The van der Waals surface area contributed by atoms with Crippen molar-refractivity contribution in [1.82, 2.24) is 14.4 Å². The van der Waals surface area contributed by atoms with Crippen molar-refractivity contribution in [2.75, 3.05) is 33.9 Å². The minimum atomic E-state index is -0.736. The van der Waals surface area contributed by atoms with Crippen LogP contribution < -0.4 is 0 Å². The number of para-hydroxylation sites is 1. The normalized spacial score (nSPS) is 18.8. The first-order valence-corrected chi connectivity index (χ1v) is 14.8. The van der Waals surface area contributed by atoms with E-state index < -0.39 is 18.2 Å². The highest BCUT2D eigenvalue weighted by atomic mass is 16.5. The first kappa shape index (κ1) is 30.5. The van der Waals surface area contributed by atoms with Crippen LogP contribution in [0.3, 0.4) is 0 Å². The lowest BCUT2D eigenvalue weighted by atomic mass is 9.96. The lowest BCUT2D eigenvalue weighted by Gasteiger charge is -2.35. The monoisotopic (exact) mass is 583 g/mol. The second-order valence-electron chi connectivity index (χ2n) is 11.5. The molecule has 1 aliphatic heterocycles. The van der Waals surface area contributed by atoms with Crippen LogP contribution in [-0.2, 0) is 27.9 Å². The van der Waals surface area contributed by atoms with Crippen LogP contribution in [0.4, 0.5) is 0 Å². The number of aliphatic hydroxyl groups excluding tert-OH is 1. The number of aryl methyl sites for hydroxylation is 1. The standard InChI is InChI=1S/C35H41N3O5/c1-23-19-38(24(2)21-39)34(40)32-31(28-17-11-12-18-29(28)37(32)4)27-16-10-9-15-26(27)22-43-30(23)20-36(3)35(41)33(42-5)25-13-7-6-8-14-25/h6-18,23-24,30,33,39H,19-22H2,1-5H3/t23-,24+,30-,33-/m0/s1. The molecule has 0 spiro atoms. The van der Waals surface area contributed by atoms with Crippen LogP contribution in [0.2, 0.25) is 0 Å². The number of fused-ring (bicyclic) bond motifs is 5. The third-order valence-electron chi connectivity index (χ3n) is 8.62. The number of hydrogen-bond acceptors (Lipinski definition) is 5. The molecule has 2 heterocycles. The van der Waals surface area contributed by atoms with E-state index in [9.17, 15) is 14.7 Å². The number of rotatable bonds is 7. The van der Waals surface area contributed by atoms with Crippen molar-refractivity contribution >= 4 is 22.7 Å². The molecule has 1 aromatic heterocycles. The fourth-order valence-corrected chi connectivity index (χ4v) is 6.09. The molecule has 2 amide bonds. The molecule has 0 fully saturated rings. The Bertz CT molecular complexity index is 1580. The lowest BCUT2D eigenvalue weighted by molar-refractivity contribution is -0.143. The third kappa shape index (κ3) is 5.95. The number of ether oxygens (including phenoxy) is 2. The van der Waals surface area contributed by atoms with Gasteiger partial charge >= 0.3 is 0 Å². The Labute approximate surface area is 253 Å². The van der Waals surface area contributed by atoms with Gasteiger partial charge < -0.3 is 28.9 Å². The topological polar surface area (TPSA) is 84.2 Å². The van der Waals surface area contributed by atoms with E-state index in [1.807, 2.05) is 104 Å². The number of methoxy groups -OCH3 is 1. The molecule has 3 aromatic carbocycles. The van der Waals surface area contributed by atoms with Gasteiger partial charge in [0.2, 0.25) is 0 Å². The fraction of sp³-hybridized carbons (Fsp3) is 0.371. The molecule has 0 bridgehead atoms. The van der Waals surface area contributed by atoms with E-state index in [1.165, 1.54) is 7.11 Å². The molecule has 4 aromatic rings. The third-order valence-corrected chi connectivity index (χ3v) is 8.62. The van der Waals surface area contributed by atoms with Gasteiger partial charge in [-0.15, -0.1) is 0 Å². The van der Waals surface area contributed by atoms with Crippen LogP contribution in [0.1, 0.15) is 41.6 Å². The predicted octanol–water partition coefficient (Wildman–Crippen LogP) is 5.05. The van der Waals surface area contributed by atoms with Gasteiger partial charge in [0.25, 0.3) is 11.8 Å². The first-order chi connectivity index (χ1) is 20.8. The maximum atomic E-state index is 14.5. The average Bonchev–Trinajstić information content (AvgIpc) is 3.32. The number of benzene rings is 3. The summed E-state index contributed by atoms with van der Waals surface area (Å²) in [5.74, 6) is -0.477. The Morgan fingerprint density at radius 1 is 1.07 bits per heavy atom. The summed E-state index contributed by atoms with van der Waals surface area (Å²) in [6.07, 6.45) is -1.13. The van der Waals surface area contributed by atoms with Crippen LogP contribution in [-0.4, -0.2) is 77.3 Å². The molecule has 43 heavy (non-hydrogen) atoms. The summed E-state index contributed by atoms with van der Waals surface area (Å²) in [4.78, 5) is 31.5.